The molecule has 1 fully saturated rings. The minimum absolute atomic E-state index is 0.282. The summed E-state index contributed by atoms with van der Waals surface area (Å²) in [6, 6.07) is 3.98. The Morgan fingerprint density at radius 1 is 1.03 bits per heavy atom. The predicted octanol–water partition coefficient (Wildman–Crippen LogP) is 3.92. The van der Waals surface area contributed by atoms with Gasteiger partial charge in [0.2, 0.25) is 0 Å². The topological polar surface area (TPSA) is 55.7 Å². The Morgan fingerprint density at radius 3 is 2.48 bits per heavy atom. The van der Waals surface area contributed by atoms with Gasteiger partial charge < -0.3 is 19.8 Å². The highest BCUT2D eigenvalue weighted by Crippen LogP contribution is 2.41. The highest BCUT2D eigenvalue weighted by Gasteiger charge is 2.33. The van der Waals surface area contributed by atoms with Crippen LogP contribution in [0.2, 0.25) is 0 Å². The van der Waals surface area contributed by atoms with Crippen LogP contribution < -0.4 is 9.80 Å². The number of fused-ring (bicyclic) bond motifs is 1. The highest BCUT2D eigenvalue weighted by molar-refractivity contribution is 5.78. The van der Waals surface area contributed by atoms with Gasteiger partial charge in [-0.15, -0.1) is 10.2 Å². The maximum Gasteiger partial charge on any atom is 0.416 e. The van der Waals surface area contributed by atoms with Crippen LogP contribution in [0.5, 0.6) is 5.75 Å². The fraction of sp³-hybridized carbons (Fsp3) is 0.545. The summed E-state index contributed by atoms with van der Waals surface area (Å²) in [5, 5.41) is 19.3. The van der Waals surface area contributed by atoms with Gasteiger partial charge in [-0.05, 0) is 63.5 Å². The van der Waals surface area contributed by atoms with Crippen LogP contribution in [-0.4, -0.2) is 66.5 Å². The first-order valence-electron chi connectivity index (χ1n) is 10.6. The van der Waals surface area contributed by atoms with Crippen LogP contribution in [0.15, 0.2) is 18.2 Å². The van der Waals surface area contributed by atoms with Crippen molar-refractivity contribution in [3.05, 3.63) is 29.3 Å². The summed E-state index contributed by atoms with van der Waals surface area (Å²) in [6.07, 6.45) is -1.32. The second kappa shape index (κ2) is 8.18. The number of aryl methyl sites for hydroxylation is 1. The van der Waals surface area contributed by atoms with Crippen LogP contribution in [0.1, 0.15) is 30.4 Å². The van der Waals surface area contributed by atoms with E-state index in [4.69, 9.17) is 0 Å². The molecule has 2 aromatic rings. The van der Waals surface area contributed by atoms with E-state index in [1.54, 1.807) is 6.92 Å². The average molecular weight is 435 g/mol. The number of likely N-dealkylation sites (N-methyl/N-ethyl adjacent to an activating group) is 1. The number of anilines is 2. The molecule has 0 unspecified atom stereocenters. The zero-order valence-electron chi connectivity index (χ0n) is 18.1. The van der Waals surface area contributed by atoms with Crippen LogP contribution in [0.4, 0.5) is 24.7 Å². The number of likely N-dealkylation sites (tertiary alicyclic amines) is 1. The summed E-state index contributed by atoms with van der Waals surface area (Å²) < 4.78 is 39.3. The van der Waals surface area contributed by atoms with Crippen molar-refractivity contribution in [3.8, 4) is 17.0 Å². The van der Waals surface area contributed by atoms with E-state index in [0.717, 1.165) is 69.1 Å². The lowest BCUT2D eigenvalue weighted by molar-refractivity contribution is -0.137. The summed E-state index contributed by atoms with van der Waals surface area (Å²) in [6.45, 7) is 5.33. The van der Waals surface area contributed by atoms with E-state index in [-0.39, 0.29) is 5.56 Å². The molecular weight excluding hydrogens is 407 g/mol. The third-order valence-corrected chi connectivity index (χ3v) is 6.27. The van der Waals surface area contributed by atoms with Crippen molar-refractivity contribution >= 4 is 11.5 Å². The number of nitrogens with zero attached hydrogens (tertiary/aromatic N) is 5. The number of alkyl halides is 3. The van der Waals surface area contributed by atoms with Crippen LogP contribution >= 0.6 is 0 Å². The van der Waals surface area contributed by atoms with Gasteiger partial charge in [0.05, 0.1) is 16.9 Å². The Balaban J connectivity index is 1.75. The molecule has 1 saturated heterocycles. The first kappa shape index (κ1) is 21.7. The molecule has 1 N–H and O–H groups in total. The molecule has 4 rings (SSSR count). The molecule has 3 heterocycles. The van der Waals surface area contributed by atoms with Crippen molar-refractivity contribution in [2.75, 3.05) is 50.1 Å². The summed E-state index contributed by atoms with van der Waals surface area (Å²) in [4.78, 5) is 6.76. The van der Waals surface area contributed by atoms with Crippen molar-refractivity contribution < 1.29 is 18.3 Å². The van der Waals surface area contributed by atoms with Crippen LogP contribution in [-0.2, 0) is 6.18 Å². The van der Waals surface area contributed by atoms with E-state index >= 15 is 0 Å². The van der Waals surface area contributed by atoms with Gasteiger partial charge in [-0.2, -0.15) is 13.2 Å². The van der Waals surface area contributed by atoms with Gasteiger partial charge in [0.15, 0.2) is 5.82 Å². The smallest absolute Gasteiger partial charge is 0.416 e. The van der Waals surface area contributed by atoms with Crippen LogP contribution in [0, 0.1) is 6.92 Å². The number of aromatic hydroxyl groups is 1. The zero-order valence-corrected chi connectivity index (χ0v) is 18.1. The molecular formula is C22H28F3N5O. The summed E-state index contributed by atoms with van der Waals surface area (Å²) in [5.41, 5.74) is 0.971. The lowest BCUT2D eigenvalue weighted by Crippen LogP contribution is -2.47. The largest absolute Gasteiger partial charge is 0.507 e. The lowest BCUT2D eigenvalue weighted by Gasteiger charge is -2.38. The number of phenolic OH excluding ortho intramolecular Hbond substituents is 1. The number of rotatable bonds is 2. The first-order chi connectivity index (χ1) is 14.6. The molecule has 0 bridgehead atoms. The molecule has 6 nitrogen and oxygen atoms in total. The molecule has 0 saturated carbocycles. The van der Waals surface area contributed by atoms with Gasteiger partial charge in [-0.1, -0.05) is 0 Å². The maximum atomic E-state index is 13.1. The Hall–Kier alpha value is -2.55. The monoisotopic (exact) mass is 435 g/mol. The molecule has 0 amide bonds. The number of piperidine rings is 1. The van der Waals surface area contributed by atoms with Crippen molar-refractivity contribution in [1.29, 1.82) is 0 Å². The number of halogens is 3. The van der Waals surface area contributed by atoms with Gasteiger partial charge in [0.25, 0.3) is 0 Å². The van der Waals surface area contributed by atoms with Crippen molar-refractivity contribution in [1.82, 2.24) is 15.1 Å². The molecule has 9 heteroatoms. The molecule has 0 aliphatic carbocycles. The second-order valence-corrected chi connectivity index (χ2v) is 8.65. The number of phenols is 1. The molecule has 2 aliphatic heterocycles. The van der Waals surface area contributed by atoms with E-state index in [1.165, 1.54) is 0 Å². The zero-order chi connectivity index (χ0) is 22.3. The standard InChI is InChI=1S/C22H28F3N5O/c1-14-10-15(22(23,24)25)11-19(31)20(14)17-12-18-21(27-26-17)30(9-5-8-29(18)3)16-6-4-7-28(2)13-16/h10-12,16,31H,4-9,13H2,1-3H3/t16-/m1/s1. The molecule has 31 heavy (non-hydrogen) atoms. The van der Waals surface area contributed by atoms with E-state index in [0.29, 0.717) is 17.3 Å². The maximum absolute atomic E-state index is 13.1. The SMILES string of the molecule is Cc1cc(C(F)(F)F)cc(O)c1-c1cc2c(nn1)N([C@@H]1CCCN(C)C1)CCCN2C. The number of hydrogen-bond donors (Lipinski definition) is 1. The normalized spacial score (nSPS) is 20.5. The van der Waals surface area contributed by atoms with Crippen molar-refractivity contribution in [2.24, 2.45) is 0 Å². The second-order valence-electron chi connectivity index (χ2n) is 8.65. The van der Waals surface area contributed by atoms with E-state index < -0.39 is 17.5 Å². The summed E-state index contributed by atoms with van der Waals surface area (Å²) in [5.74, 6) is 0.358. The third kappa shape index (κ3) is 4.28. The van der Waals surface area contributed by atoms with Gasteiger partial charge in [-0.25, -0.2) is 0 Å². The highest BCUT2D eigenvalue weighted by atomic mass is 19.4. The van der Waals surface area contributed by atoms with Crippen LogP contribution in [0.3, 0.4) is 0 Å². The lowest BCUT2D eigenvalue weighted by atomic mass is 10.00. The van der Waals surface area contributed by atoms with Gasteiger partial charge in [0, 0.05) is 38.3 Å². The van der Waals surface area contributed by atoms with E-state index in [2.05, 4.69) is 31.9 Å². The number of hydrogen-bond acceptors (Lipinski definition) is 6. The molecule has 0 spiro atoms. The molecule has 1 aromatic carbocycles. The van der Waals surface area contributed by atoms with Gasteiger partial charge in [-0.3, -0.25) is 0 Å². The Labute approximate surface area is 180 Å². The molecule has 2 aliphatic rings. The van der Waals surface area contributed by atoms with Crippen molar-refractivity contribution in [3.63, 3.8) is 0 Å². The van der Waals surface area contributed by atoms with E-state index in [9.17, 15) is 18.3 Å². The minimum atomic E-state index is -4.52. The Bertz CT molecular complexity index is 942. The van der Waals surface area contributed by atoms with E-state index in [1.807, 2.05) is 13.1 Å². The number of benzene rings is 1. The summed E-state index contributed by atoms with van der Waals surface area (Å²) >= 11 is 0. The van der Waals surface area contributed by atoms with Crippen LogP contribution in [0.25, 0.3) is 11.3 Å². The Morgan fingerprint density at radius 2 is 1.81 bits per heavy atom. The van der Waals surface area contributed by atoms with Gasteiger partial charge in [0.1, 0.15) is 5.75 Å². The summed E-state index contributed by atoms with van der Waals surface area (Å²) in [7, 11) is 4.11. The Kier molecular flexibility index (Phi) is 5.72. The first-order valence-corrected chi connectivity index (χ1v) is 10.6. The van der Waals surface area contributed by atoms with Crippen molar-refractivity contribution in [2.45, 2.75) is 38.4 Å². The predicted molar refractivity (Wildman–Crippen MR) is 115 cm³/mol. The van der Waals surface area contributed by atoms with Gasteiger partial charge >= 0.3 is 6.18 Å². The number of aromatic nitrogens is 2. The average Bonchev–Trinajstić information content (AvgIpc) is 2.86. The fourth-order valence-electron chi connectivity index (χ4n) is 4.70. The third-order valence-electron chi connectivity index (χ3n) is 6.27. The molecule has 0 radical (unpaired) electrons. The molecule has 168 valence electrons. The molecule has 1 atom stereocenters. The quantitative estimate of drug-likeness (QED) is 0.772. The fourth-order valence-corrected chi connectivity index (χ4v) is 4.70. The molecule has 1 aromatic heterocycles. The minimum Gasteiger partial charge on any atom is -0.507 e.